The van der Waals surface area contributed by atoms with E-state index in [0.717, 1.165) is 135 Å². The summed E-state index contributed by atoms with van der Waals surface area (Å²) in [7, 11) is 0. The van der Waals surface area contributed by atoms with Crippen molar-refractivity contribution in [3.05, 3.63) is 109 Å². The van der Waals surface area contributed by atoms with Crippen molar-refractivity contribution in [1.82, 2.24) is 0 Å². The summed E-state index contributed by atoms with van der Waals surface area (Å²) < 4.78 is 16.7. The van der Waals surface area contributed by atoms with Crippen LogP contribution in [0.25, 0.3) is 0 Å². The summed E-state index contributed by atoms with van der Waals surface area (Å²) in [5.41, 5.74) is 0. The van der Waals surface area contributed by atoms with Crippen LogP contribution in [0.15, 0.2) is 109 Å². The topological polar surface area (TPSA) is 78.9 Å². The van der Waals surface area contributed by atoms with Gasteiger partial charge in [-0.3, -0.25) is 14.4 Å². The molecular formula is C65H108O6. The zero-order chi connectivity index (χ0) is 51.4. The monoisotopic (exact) mass is 985 g/mol. The van der Waals surface area contributed by atoms with Crippen LogP contribution in [0.3, 0.4) is 0 Å². The first kappa shape index (κ1) is 67.1. The van der Waals surface area contributed by atoms with Crippen LogP contribution < -0.4 is 0 Å². The highest BCUT2D eigenvalue weighted by atomic mass is 16.6. The Hall–Kier alpha value is -3.93. The van der Waals surface area contributed by atoms with Crippen LogP contribution in [0.2, 0.25) is 0 Å². The second-order valence-electron chi connectivity index (χ2n) is 19.2. The van der Waals surface area contributed by atoms with Crippen molar-refractivity contribution in [3.8, 4) is 0 Å². The van der Waals surface area contributed by atoms with Crippen molar-refractivity contribution in [2.24, 2.45) is 0 Å². The first-order valence-electron chi connectivity index (χ1n) is 29.4. The molecule has 0 aliphatic carbocycles. The maximum Gasteiger partial charge on any atom is 0.306 e. The molecule has 0 aliphatic heterocycles. The fourth-order valence-electron chi connectivity index (χ4n) is 7.86. The number of rotatable bonds is 52. The van der Waals surface area contributed by atoms with Crippen molar-refractivity contribution in [2.75, 3.05) is 13.2 Å². The molecule has 6 nitrogen and oxygen atoms in total. The van der Waals surface area contributed by atoms with Gasteiger partial charge in [-0.25, -0.2) is 0 Å². The normalized spacial score (nSPS) is 12.9. The Kier molecular flexibility index (Phi) is 55.4. The van der Waals surface area contributed by atoms with Crippen LogP contribution in [-0.2, 0) is 28.6 Å². The molecule has 0 aromatic carbocycles. The lowest BCUT2D eigenvalue weighted by atomic mass is 10.1. The number of carbonyl (C=O) groups excluding carboxylic acids is 3. The summed E-state index contributed by atoms with van der Waals surface area (Å²) in [6.07, 6.45) is 79.7. The van der Waals surface area contributed by atoms with E-state index in [1.807, 2.05) is 0 Å². The first-order valence-corrected chi connectivity index (χ1v) is 29.4. The largest absolute Gasteiger partial charge is 0.462 e. The molecule has 0 aromatic heterocycles. The lowest BCUT2D eigenvalue weighted by Crippen LogP contribution is -2.30. The van der Waals surface area contributed by atoms with Crippen LogP contribution in [0, 0.1) is 0 Å². The molecule has 1 atom stereocenters. The molecule has 0 saturated carbocycles. The summed E-state index contributed by atoms with van der Waals surface area (Å²) in [6.45, 7) is 6.44. The molecule has 0 N–H and O–H groups in total. The third-order valence-corrected chi connectivity index (χ3v) is 12.3. The Balaban J connectivity index is 4.17. The van der Waals surface area contributed by atoms with E-state index in [4.69, 9.17) is 14.2 Å². The van der Waals surface area contributed by atoms with E-state index in [-0.39, 0.29) is 31.1 Å². The van der Waals surface area contributed by atoms with Gasteiger partial charge in [-0.15, -0.1) is 0 Å². The smallest absolute Gasteiger partial charge is 0.306 e. The van der Waals surface area contributed by atoms with E-state index in [2.05, 4.69) is 130 Å². The van der Waals surface area contributed by atoms with Gasteiger partial charge in [-0.2, -0.15) is 0 Å². The predicted octanol–water partition coefficient (Wildman–Crippen LogP) is 19.9. The second kappa shape index (κ2) is 58.6. The zero-order valence-corrected chi connectivity index (χ0v) is 46.2. The van der Waals surface area contributed by atoms with Gasteiger partial charge in [0.05, 0.1) is 0 Å². The lowest BCUT2D eigenvalue weighted by molar-refractivity contribution is -0.167. The standard InChI is InChI=1S/C65H108O6/c1-4-7-10-13-16-18-20-22-24-26-27-28-29-30-31-32-33-34-35-36-37-38-39-40-42-43-45-47-49-52-55-58-64(67)70-61-62(60-69-63(66)57-54-51-15-12-9-6-3)71-65(68)59-56-53-50-48-46-44-41-25-23-21-19-17-14-11-8-5-2/h7,10,16,18,22,24-25,27-28,30-31,33-34,36-37,39-41,62H,4-6,8-9,11-15,17,19-21,23,26,29,32,35,38,42-61H2,1-3H3/b10-7-,18-16-,24-22-,28-27-,31-30-,34-33-,37-36-,40-39-,41-25-. The number of hydrogen-bond acceptors (Lipinski definition) is 6. The lowest BCUT2D eigenvalue weighted by Gasteiger charge is -2.18. The van der Waals surface area contributed by atoms with Crippen molar-refractivity contribution in [2.45, 2.75) is 271 Å². The molecule has 6 heteroatoms. The van der Waals surface area contributed by atoms with Crippen LogP contribution in [0.1, 0.15) is 265 Å². The number of esters is 3. The summed E-state index contributed by atoms with van der Waals surface area (Å²) in [6, 6.07) is 0. The van der Waals surface area contributed by atoms with Crippen LogP contribution in [0.4, 0.5) is 0 Å². The van der Waals surface area contributed by atoms with E-state index in [9.17, 15) is 14.4 Å². The minimum atomic E-state index is -0.786. The summed E-state index contributed by atoms with van der Waals surface area (Å²) in [5.74, 6) is -0.919. The Morgan fingerprint density at radius 3 is 0.873 bits per heavy atom. The zero-order valence-electron chi connectivity index (χ0n) is 46.2. The highest BCUT2D eigenvalue weighted by Gasteiger charge is 2.19. The minimum absolute atomic E-state index is 0.0862. The first-order chi connectivity index (χ1) is 35.0. The van der Waals surface area contributed by atoms with E-state index in [1.54, 1.807) is 0 Å². The highest BCUT2D eigenvalue weighted by molar-refractivity contribution is 5.71. The summed E-state index contributed by atoms with van der Waals surface area (Å²) in [4.78, 5) is 37.9. The SMILES string of the molecule is CC/C=C\C/C=C\C/C=C\C/C=C\C/C=C\C/C=C\C/C=C\C/C=C\CCCCCCCCC(=O)OCC(COC(=O)CCCCCCCC)OC(=O)CCCCCCC/C=C\CCCCCCCCC. The molecule has 71 heavy (non-hydrogen) atoms. The van der Waals surface area contributed by atoms with Crippen molar-refractivity contribution in [3.63, 3.8) is 0 Å². The molecule has 0 heterocycles. The van der Waals surface area contributed by atoms with Gasteiger partial charge < -0.3 is 14.2 Å². The van der Waals surface area contributed by atoms with Gasteiger partial charge in [-0.05, 0) is 109 Å². The Morgan fingerprint density at radius 1 is 0.296 bits per heavy atom. The van der Waals surface area contributed by atoms with Gasteiger partial charge in [0, 0.05) is 19.3 Å². The molecule has 0 radical (unpaired) electrons. The highest BCUT2D eigenvalue weighted by Crippen LogP contribution is 2.14. The molecule has 404 valence electrons. The summed E-state index contributed by atoms with van der Waals surface area (Å²) >= 11 is 0. The fraction of sp³-hybridized carbons (Fsp3) is 0.677. The third kappa shape index (κ3) is 56.9. The van der Waals surface area contributed by atoms with Gasteiger partial charge >= 0.3 is 17.9 Å². The number of carbonyl (C=O) groups is 3. The molecule has 0 rings (SSSR count). The van der Waals surface area contributed by atoms with Crippen molar-refractivity contribution >= 4 is 17.9 Å². The molecule has 0 saturated heterocycles. The van der Waals surface area contributed by atoms with Crippen LogP contribution in [-0.4, -0.2) is 37.2 Å². The molecule has 0 amide bonds. The predicted molar refractivity (Wildman–Crippen MR) is 307 cm³/mol. The molecule has 0 bridgehead atoms. The van der Waals surface area contributed by atoms with Gasteiger partial charge in [0.2, 0.25) is 0 Å². The number of unbranched alkanes of at least 4 members (excludes halogenated alkanes) is 23. The minimum Gasteiger partial charge on any atom is -0.462 e. The number of ether oxygens (including phenoxy) is 3. The third-order valence-electron chi connectivity index (χ3n) is 12.3. The van der Waals surface area contributed by atoms with Crippen molar-refractivity contribution in [1.29, 1.82) is 0 Å². The Morgan fingerprint density at radius 2 is 0.549 bits per heavy atom. The van der Waals surface area contributed by atoms with E-state index in [0.29, 0.717) is 19.3 Å². The average molecular weight is 986 g/mol. The molecule has 0 spiro atoms. The second-order valence-corrected chi connectivity index (χ2v) is 19.2. The average Bonchev–Trinajstić information content (AvgIpc) is 3.37. The van der Waals surface area contributed by atoms with Crippen LogP contribution >= 0.6 is 0 Å². The molecule has 0 aromatic rings. The van der Waals surface area contributed by atoms with Crippen LogP contribution in [0.5, 0.6) is 0 Å². The Bertz CT molecular complexity index is 1460. The Labute approximate surface area is 438 Å². The van der Waals surface area contributed by atoms with Gasteiger partial charge in [-0.1, -0.05) is 246 Å². The fourth-order valence-corrected chi connectivity index (χ4v) is 7.86. The number of hydrogen-bond donors (Lipinski definition) is 0. The van der Waals surface area contributed by atoms with E-state index < -0.39 is 6.10 Å². The van der Waals surface area contributed by atoms with E-state index >= 15 is 0 Å². The maximum absolute atomic E-state index is 12.8. The van der Waals surface area contributed by atoms with Gasteiger partial charge in [0.15, 0.2) is 6.10 Å². The molecule has 0 fully saturated rings. The van der Waals surface area contributed by atoms with Gasteiger partial charge in [0.25, 0.3) is 0 Å². The summed E-state index contributed by atoms with van der Waals surface area (Å²) in [5, 5.41) is 0. The molecule has 1 unspecified atom stereocenters. The maximum atomic E-state index is 12.8. The van der Waals surface area contributed by atoms with Gasteiger partial charge in [0.1, 0.15) is 13.2 Å². The van der Waals surface area contributed by atoms with E-state index in [1.165, 1.54) is 89.9 Å². The molecular weight excluding hydrogens is 877 g/mol. The number of allylic oxidation sites excluding steroid dienone is 18. The van der Waals surface area contributed by atoms with Crippen molar-refractivity contribution < 1.29 is 28.6 Å². The molecule has 0 aliphatic rings. The quantitative estimate of drug-likeness (QED) is 0.0261.